The molecule has 1 amide bonds. The van der Waals surface area contributed by atoms with Crippen LogP contribution in [0.4, 0.5) is 0 Å². The third kappa shape index (κ3) is 4.62. The maximum absolute atomic E-state index is 12.2. The maximum atomic E-state index is 12.2. The number of carbonyl (C=O) groups excluding carboxylic acids is 1. The molecule has 1 rings (SSSR count). The normalized spacial score (nSPS) is 10.0. The second-order valence-electron chi connectivity index (χ2n) is 4.10. The summed E-state index contributed by atoms with van der Waals surface area (Å²) in [5.74, 6) is -0.719. The van der Waals surface area contributed by atoms with E-state index in [9.17, 15) is 9.59 Å². The molecule has 104 valence electrons. The summed E-state index contributed by atoms with van der Waals surface area (Å²) in [7, 11) is 0. The van der Waals surface area contributed by atoms with E-state index >= 15 is 0 Å². The summed E-state index contributed by atoms with van der Waals surface area (Å²) in [5.41, 5.74) is 0.512. The molecule has 0 saturated carbocycles. The van der Waals surface area contributed by atoms with E-state index in [1.165, 1.54) is 0 Å². The number of nitrogens with zero attached hydrogens (tertiary/aromatic N) is 1. The van der Waals surface area contributed by atoms with Crippen LogP contribution in [-0.2, 0) is 4.79 Å². The average molecular weight is 265 g/mol. The van der Waals surface area contributed by atoms with Gasteiger partial charge in [-0.05, 0) is 31.5 Å². The zero-order chi connectivity index (χ0) is 14.3. The van der Waals surface area contributed by atoms with Gasteiger partial charge in [-0.25, -0.2) is 4.79 Å². The zero-order valence-corrected chi connectivity index (χ0v) is 11.3. The number of ether oxygens (including phenoxy) is 1. The standard InChI is InChI=1S/C14H19NO4/c1-3-8-15(4-2)14(18)11-6-5-7-12(9-11)19-10-13(16)17/h5-7,9H,3-4,8,10H2,1-2H3,(H,16,17). The summed E-state index contributed by atoms with van der Waals surface area (Å²) >= 11 is 0. The molecule has 5 heteroatoms. The van der Waals surface area contributed by atoms with Gasteiger partial charge >= 0.3 is 5.97 Å². The lowest BCUT2D eigenvalue weighted by Crippen LogP contribution is -2.31. The molecule has 5 nitrogen and oxygen atoms in total. The van der Waals surface area contributed by atoms with E-state index in [0.717, 1.165) is 6.42 Å². The molecule has 0 unspecified atom stereocenters. The van der Waals surface area contributed by atoms with Crippen molar-refractivity contribution in [2.24, 2.45) is 0 Å². The summed E-state index contributed by atoms with van der Waals surface area (Å²) in [5, 5.41) is 8.55. The van der Waals surface area contributed by atoms with Gasteiger partial charge in [0, 0.05) is 18.7 Å². The smallest absolute Gasteiger partial charge is 0.341 e. The Labute approximate surface area is 112 Å². The van der Waals surface area contributed by atoms with Crippen molar-refractivity contribution in [3.05, 3.63) is 29.8 Å². The topological polar surface area (TPSA) is 66.8 Å². The van der Waals surface area contributed by atoms with Gasteiger partial charge < -0.3 is 14.7 Å². The molecular formula is C14H19NO4. The van der Waals surface area contributed by atoms with Gasteiger partial charge in [-0.15, -0.1) is 0 Å². The van der Waals surface area contributed by atoms with Crippen molar-refractivity contribution in [1.29, 1.82) is 0 Å². The van der Waals surface area contributed by atoms with Gasteiger partial charge in [0.05, 0.1) is 0 Å². The van der Waals surface area contributed by atoms with Crippen LogP contribution < -0.4 is 4.74 Å². The molecule has 19 heavy (non-hydrogen) atoms. The molecule has 1 N–H and O–H groups in total. The Morgan fingerprint density at radius 1 is 1.32 bits per heavy atom. The van der Waals surface area contributed by atoms with E-state index in [4.69, 9.17) is 9.84 Å². The Kier molecular flexibility index (Phi) is 5.85. The van der Waals surface area contributed by atoms with Gasteiger partial charge in [0.1, 0.15) is 5.75 Å². The van der Waals surface area contributed by atoms with Gasteiger partial charge in [0.25, 0.3) is 5.91 Å². The molecule has 0 fully saturated rings. The highest BCUT2D eigenvalue weighted by Gasteiger charge is 2.13. The predicted octanol–water partition coefficient (Wildman–Crippen LogP) is 2.02. The second kappa shape index (κ2) is 7.41. The quantitative estimate of drug-likeness (QED) is 0.819. The van der Waals surface area contributed by atoms with Crippen LogP contribution in [0.15, 0.2) is 24.3 Å². The molecule has 0 saturated heterocycles. The van der Waals surface area contributed by atoms with Gasteiger partial charge in [0.15, 0.2) is 6.61 Å². The number of carboxylic acid groups (broad SMARTS) is 1. The first kappa shape index (κ1) is 15.0. The first-order chi connectivity index (χ1) is 9.08. The van der Waals surface area contributed by atoms with E-state index in [-0.39, 0.29) is 5.91 Å². The monoisotopic (exact) mass is 265 g/mol. The molecular weight excluding hydrogens is 246 g/mol. The molecule has 0 atom stereocenters. The molecule has 1 aromatic rings. The Balaban J connectivity index is 2.79. The fourth-order valence-electron chi connectivity index (χ4n) is 1.72. The van der Waals surface area contributed by atoms with Crippen LogP contribution in [0.5, 0.6) is 5.75 Å². The Bertz CT molecular complexity index is 445. The molecule has 0 aliphatic rings. The lowest BCUT2D eigenvalue weighted by molar-refractivity contribution is -0.139. The lowest BCUT2D eigenvalue weighted by Gasteiger charge is -2.20. The van der Waals surface area contributed by atoms with Crippen LogP contribution in [0.3, 0.4) is 0 Å². The Hall–Kier alpha value is -2.04. The largest absolute Gasteiger partial charge is 0.482 e. The minimum absolute atomic E-state index is 0.0647. The minimum atomic E-state index is -1.04. The molecule has 0 radical (unpaired) electrons. The van der Waals surface area contributed by atoms with Crippen LogP contribution in [0.25, 0.3) is 0 Å². The number of hydrogen-bond donors (Lipinski definition) is 1. The van der Waals surface area contributed by atoms with Crippen molar-refractivity contribution >= 4 is 11.9 Å². The van der Waals surface area contributed by atoms with E-state index in [2.05, 4.69) is 0 Å². The summed E-state index contributed by atoms with van der Waals surface area (Å²) in [6, 6.07) is 6.60. The molecule has 0 bridgehead atoms. The summed E-state index contributed by atoms with van der Waals surface area (Å²) in [6.07, 6.45) is 0.898. The molecule has 0 aliphatic carbocycles. The number of amides is 1. The zero-order valence-electron chi connectivity index (χ0n) is 11.3. The maximum Gasteiger partial charge on any atom is 0.341 e. The second-order valence-corrected chi connectivity index (χ2v) is 4.10. The highest BCUT2D eigenvalue weighted by atomic mass is 16.5. The van der Waals surface area contributed by atoms with Gasteiger partial charge in [0.2, 0.25) is 0 Å². The summed E-state index contributed by atoms with van der Waals surface area (Å²) < 4.78 is 5.06. The van der Waals surface area contributed by atoms with Crippen LogP contribution >= 0.6 is 0 Å². The SMILES string of the molecule is CCCN(CC)C(=O)c1cccc(OCC(=O)O)c1. The van der Waals surface area contributed by atoms with Gasteiger partial charge in [-0.2, -0.15) is 0 Å². The summed E-state index contributed by atoms with van der Waals surface area (Å²) in [6.45, 7) is 4.88. The van der Waals surface area contributed by atoms with Crippen molar-refractivity contribution in [2.75, 3.05) is 19.7 Å². The highest BCUT2D eigenvalue weighted by molar-refractivity contribution is 5.94. The highest BCUT2D eigenvalue weighted by Crippen LogP contribution is 2.15. The number of aliphatic carboxylic acids is 1. The van der Waals surface area contributed by atoms with E-state index in [1.54, 1.807) is 29.2 Å². The first-order valence-electron chi connectivity index (χ1n) is 6.32. The molecule has 0 aliphatic heterocycles. The fraction of sp³-hybridized carbons (Fsp3) is 0.429. The van der Waals surface area contributed by atoms with Crippen molar-refractivity contribution < 1.29 is 19.4 Å². The number of carboxylic acids is 1. The third-order valence-corrected chi connectivity index (χ3v) is 2.61. The van der Waals surface area contributed by atoms with Gasteiger partial charge in [-0.3, -0.25) is 4.79 Å². The first-order valence-corrected chi connectivity index (χ1v) is 6.32. The lowest BCUT2D eigenvalue weighted by atomic mass is 10.2. The van der Waals surface area contributed by atoms with Crippen molar-refractivity contribution in [1.82, 2.24) is 4.90 Å². The number of carbonyl (C=O) groups is 2. The minimum Gasteiger partial charge on any atom is -0.482 e. The van der Waals surface area contributed by atoms with Crippen LogP contribution in [0, 0.1) is 0 Å². The van der Waals surface area contributed by atoms with Crippen LogP contribution in [0.1, 0.15) is 30.6 Å². The fourth-order valence-corrected chi connectivity index (χ4v) is 1.72. The average Bonchev–Trinajstić information content (AvgIpc) is 2.42. The van der Waals surface area contributed by atoms with Crippen LogP contribution in [0.2, 0.25) is 0 Å². The third-order valence-electron chi connectivity index (χ3n) is 2.61. The van der Waals surface area contributed by atoms with Crippen molar-refractivity contribution in [3.63, 3.8) is 0 Å². The number of rotatable bonds is 7. The van der Waals surface area contributed by atoms with Gasteiger partial charge in [-0.1, -0.05) is 13.0 Å². The Morgan fingerprint density at radius 3 is 2.63 bits per heavy atom. The molecule has 1 aromatic carbocycles. The molecule has 0 aromatic heterocycles. The number of benzene rings is 1. The van der Waals surface area contributed by atoms with Crippen LogP contribution in [-0.4, -0.2) is 41.6 Å². The summed E-state index contributed by atoms with van der Waals surface area (Å²) in [4.78, 5) is 24.4. The number of hydrogen-bond acceptors (Lipinski definition) is 3. The Morgan fingerprint density at radius 2 is 2.05 bits per heavy atom. The van der Waals surface area contributed by atoms with E-state index < -0.39 is 12.6 Å². The van der Waals surface area contributed by atoms with E-state index in [1.807, 2.05) is 13.8 Å². The predicted molar refractivity (Wildman–Crippen MR) is 71.4 cm³/mol. The molecule has 0 heterocycles. The molecule has 0 spiro atoms. The van der Waals surface area contributed by atoms with Crippen molar-refractivity contribution in [3.8, 4) is 5.75 Å². The van der Waals surface area contributed by atoms with Crippen molar-refractivity contribution in [2.45, 2.75) is 20.3 Å². The van der Waals surface area contributed by atoms with E-state index in [0.29, 0.717) is 24.4 Å².